The van der Waals surface area contributed by atoms with E-state index in [0.717, 1.165) is 16.4 Å². The summed E-state index contributed by atoms with van der Waals surface area (Å²) in [5, 5.41) is 0.778. The second-order valence-electron chi connectivity index (χ2n) is 6.68. The highest BCUT2D eigenvalue weighted by atomic mass is 32.2. The van der Waals surface area contributed by atoms with Crippen LogP contribution in [0.5, 0.6) is 0 Å². The van der Waals surface area contributed by atoms with Crippen molar-refractivity contribution in [3.8, 4) is 0 Å². The number of imidazole rings is 1. The molecule has 3 heterocycles. The molecule has 0 aliphatic rings. The zero-order valence-electron chi connectivity index (χ0n) is 16.1. The smallest absolute Gasteiger partial charge is 0.270 e. The fourth-order valence-corrected chi connectivity index (χ4v) is 4.05. The lowest BCUT2D eigenvalue weighted by Gasteiger charge is -2.11. The Hall–Kier alpha value is -3.32. The highest BCUT2D eigenvalue weighted by Gasteiger charge is 2.18. The summed E-state index contributed by atoms with van der Waals surface area (Å²) < 4.78 is 3.62. The molecule has 0 unspecified atom stereocenters. The number of carbonyl (C=O) groups is 2. The van der Waals surface area contributed by atoms with Crippen molar-refractivity contribution >= 4 is 29.0 Å². The molecule has 6 nitrogen and oxygen atoms in total. The minimum Gasteiger partial charge on any atom is -0.295 e. The number of benzene rings is 1. The lowest BCUT2D eigenvalue weighted by molar-refractivity contribution is 0.0999. The van der Waals surface area contributed by atoms with E-state index in [1.165, 1.54) is 11.8 Å². The molecule has 0 saturated heterocycles. The van der Waals surface area contributed by atoms with Crippen molar-refractivity contribution in [3.05, 3.63) is 89.5 Å². The molecule has 3 aromatic heterocycles. The van der Waals surface area contributed by atoms with Gasteiger partial charge in [-0.1, -0.05) is 36.0 Å². The quantitative estimate of drug-likeness (QED) is 0.388. The lowest BCUT2D eigenvalue weighted by Crippen LogP contribution is -2.25. The molecule has 0 aliphatic heterocycles. The third kappa shape index (κ3) is 3.82. The average molecular weight is 404 g/mol. The van der Waals surface area contributed by atoms with Gasteiger partial charge in [0.15, 0.2) is 10.9 Å². The molecule has 146 valence electrons. The van der Waals surface area contributed by atoms with Gasteiger partial charge in [0, 0.05) is 28.7 Å². The number of hydrogen-bond acceptors (Lipinski definition) is 4. The van der Waals surface area contributed by atoms with Crippen LogP contribution in [0.1, 0.15) is 32.1 Å². The third-order valence-corrected chi connectivity index (χ3v) is 5.68. The van der Waals surface area contributed by atoms with Crippen molar-refractivity contribution in [2.75, 3.05) is 11.2 Å². The van der Waals surface area contributed by atoms with Gasteiger partial charge in [-0.05, 0) is 44.2 Å². The fraction of sp³-hybridized carbons (Fsp3) is 0.136. The van der Waals surface area contributed by atoms with Crippen LogP contribution in [-0.4, -0.2) is 31.5 Å². The number of nitrogens with one attached hydrogen (secondary N) is 1. The molecule has 1 N–H and O–H groups in total. The van der Waals surface area contributed by atoms with Gasteiger partial charge in [0.1, 0.15) is 0 Å². The molecular formula is C22H20N4O2S. The Morgan fingerprint density at radius 3 is 2.62 bits per heavy atom. The number of rotatable bonds is 6. The van der Waals surface area contributed by atoms with Gasteiger partial charge in [-0.3, -0.25) is 24.1 Å². The minimum atomic E-state index is -0.218. The second-order valence-corrected chi connectivity index (χ2v) is 7.62. The van der Waals surface area contributed by atoms with Gasteiger partial charge < -0.3 is 0 Å². The number of thioether (sulfide) groups is 1. The average Bonchev–Trinajstić information content (AvgIpc) is 3.28. The largest absolute Gasteiger partial charge is 0.295 e. The van der Waals surface area contributed by atoms with E-state index >= 15 is 0 Å². The normalized spacial score (nSPS) is 11.0. The number of fused-ring (bicyclic) bond motifs is 1. The first kappa shape index (κ1) is 19.0. The Morgan fingerprint density at radius 1 is 1.07 bits per heavy atom. The molecule has 0 spiro atoms. The van der Waals surface area contributed by atoms with Crippen molar-refractivity contribution < 1.29 is 9.59 Å². The third-order valence-electron chi connectivity index (χ3n) is 4.72. The summed E-state index contributed by atoms with van der Waals surface area (Å²) in [6, 6.07) is 16.7. The summed E-state index contributed by atoms with van der Waals surface area (Å²) in [5.41, 5.74) is 6.53. The molecule has 0 fully saturated rings. The van der Waals surface area contributed by atoms with E-state index in [9.17, 15) is 9.59 Å². The van der Waals surface area contributed by atoms with E-state index < -0.39 is 0 Å². The molecule has 0 bridgehead atoms. The zero-order valence-corrected chi connectivity index (χ0v) is 16.9. The van der Waals surface area contributed by atoms with Crippen LogP contribution in [0, 0.1) is 13.8 Å². The standard InChI is InChI=1S/C22H20N4O2S/c1-15-12-19(16(2)26(15)24-21(28)17-8-4-3-5-9-17)20(27)14-29-22-23-13-18-10-6-7-11-25(18)22/h3-13H,14H2,1-2H3,(H,24,28). The molecular weight excluding hydrogens is 384 g/mol. The summed E-state index contributed by atoms with van der Waals surface area (Å²) in [6.07, 6.45) is 3.72. The predicted octanol–water partition coefficient (Wildman–Crippen LogP) is 4.11. The Bertz CT molecular complexity index is 1190. The molecule has 29 heavy (non-hydrogen) atoms. The number of amides is 1. The van der Waals surface area contributed by atoms with Gasteiger partial charge in [-0.2, -0.15) is 0 Å². The number of nitrogens with zero attached hydrogens (tertiary/aromatic N) is 3. The summed E-state index contributed by atoms with van der Waals surface area (Å²) >= 11 is 1.40. The number of Topliss-reactive ketones (excluding diaryl/α,β-unsaturated/α-hetero) is 1. The van der Waals surface area contributed by atoms with Crippen LogP contribution in [0.4, 0.5) is 0 Å². The molecule has 0 radical (unpaired) electrons. The molecule has 1 amide bonds. The van der Waals surface area contributed by atoms with Gasteiger partial charge in [0.25, 0.3) is 5.91 Å². The van der Waals surface area contributed by atoms with Crippen LogP contribution in [0.25, 0.3) is 5.52 Å². The van der Waals surface area contributed by atoms with E-state index in [4.69, 9.17) is 0 Å². The molecule has 0 aliphatic carbocycles. The van der Waals surface area contributed by atoms with Gasteiger partial charge in [0.05, 0.1) is 17.5 Å². The van der Waals surface area contributed by atoms with Crippen LogP contribution in [0.2, 0.25) is 0 Å². The maximum absolute atomic E-state index is 12.8. The Kier molecular flexibility index (Phi) is 5.22. The Labute approximate surface area is 172 Å². The maximum atomic E-state index is 12.8. The maximum Gasteiger partial charge on any atom is 0.270 e. The van der Waals surface area contributed by atoms with Crippen LogP contribution in [0.3, 0.4) is 0 Å². The van der Waals surface area contributed by atoms with Crippen molar-refractivity contribution in [1.82, 2.24) is 14.1 Å². The molecule has 4 rings (SSSR count). The summed E-state index contributed by atoms with van der Waals surface area (Å²) in [7, 11) is 0. The number of hydrogen-bond donors (Lipinski definition) is 1. The first-order chi connectivity index (χ1) is 14.0. The minimum absolute atomic E-state index is 0.00371. The van der Waals surface area contributed by atoms with E-state index in [2.05, 4.69) is 10.4 Å². The fourth-order valence-electron chi connectivity index (χ4n) is 3.21. The number of ketones is 1. The summed E-state index contributed by atoms with van der Waals surface area (Å²) in [5.74, 6) is 0.0471. The summed E-state index contributed by atoms with van der Waals surface area (Å²) in [6.45, 7) is 3.70. The van der Waals surface area contributed by atoms with Crippen LogP contribution in [-0.2, 0) is 0 Å². The van der Waals surface area contributed by atoms with E-state index in [0.29, 0.717) is 16.8 Å². The molecule has 7 heteroatoms. The van der Waals surface area contributed by atoms with Crippen molar-refractivity contribution in [3.63, 3.8) is 0 Å². The van der Waals surface area contributed by atoms with Crippen molar-refractivity contribution in [2.24, 2.45) is 0 Å². The van der Waals surface area contributed by atoms with Crippen molar-refractivity contribution in [2.45, 2.75) is 19.0 Å². The topological polar surface area (TPSA) is 68.4 Å². The van der Waals surface area contributed by atoms with Gasteiger partial charge in [0.2, 0.25) is 0 Å². The zero-order chi connectivity index (χ0) is 20.4. The monoisotopic (exact) mass is 404 g/mol. The first-order valence-electron chi connectivity index (χ1n) is 9.18. The highest BCUT2D eigenvalue weighted by molar-refractivity contribution is 7.99. The Morgan fingerprint density at radius 2 is 1.83 bits per heavy atom. The molecule has 0 saturated carbocycles. The number of aromatic nitrogens is 3. The number of aryl methyl sites for hydroxylation is 1. The first-order valence-corrected chi connectivity index (χ1v) is 10.2. The van der Waals surface area contributed by atoms with Gasteiger partial charge >= 0.3 is 0 Å². The van der Waals surface area contributed by atoms with Crippen molar-refractivity contribution in [1.29, 1.82) is 0 Å². The molecule has 4 aromatic rings. The number of carbonyl (C=O) groups excluding carboxylic acids is 2. The Balaban J connectivity index is 1.49. The van der Waals surface area contributed by atoms with Gasteiger partial charge in [-0.15, -0.1) is 0 Å². The van der Waals surface area contributed by atoms with E-state index in [1.54, 1.807) is 23.0 Å². The molecule has 0 atom stereocenters. The molecule has 1 aromatic carbocycles. The van der Waals surface area contributed by atoms with E-state index in [-0.39, 0.29) is 17.4 Å². The number of pyridine rings is 1. The van der Waals surface area contributed by atoms with Crippen LogP contribution in [0.15, 0.2) is 72.1 Å². The van der Waals surface area contributed by atoms with E-state index in [1.807, 2.05) is 66.9 Å². The predicted molar refractivity (Wildman–Crippen MR) is 114 cm³/mol. The summed E-state index contributed by atoms with van der Waals surface area (Å²) in [4.78, 5) is 29.7. The lowest BCUT2D eigenvalue weighted by atomic mass is 10.2. The van der Waals surface area contributed by atoms with Crippen LogP contribution < -0.4 is 5.43 Å². The van der Waals surface area contributed by atoms with Crippen LogP contribution >= 0.6 is 11.8 Å². The highest BCUT2D eigenvalue weighted by Crippen LogP contribution is 2.22. The second kappa shape index (κ2) is 7.97. The SMILES string of the molecule is Cc1cc(C(=O)CSc2ncc3ccccn23)c(C)n1NC(=O)c1ccccc1. The van der Waals surface area contributed by atoms with Gasteiger partial charge in [-0.25, -0.2) is 4.98 Å².